The van der Waals surface area contributed by atoms with E-state index in [9.17, 15) is 26.3 Å². The molecule has 98 valence electrons. The van der Waals surface area contributed by atoms with Gasteiger partial charge in [0.15, 0.2) is 10.8 Å². The van der Waals surface area contributed by atoms with E-state index in [2.05, 4.69) is 6.07 Å². The highest BCUT2D eigenvalue weighted by Crippen LogP contribution is 2.62. The lowest BCUT2D eigenvalue weighted by Gasteiger charge is -2.34. The topological polar surface area (TPSA) is 119 Å². The van der Waals surface area contributed by atoms with E-state index >= 15 is 0 Å². The Morgan fingerprint density at radius 2 is 1.29 bits per heavy atom. The summed E-state index contributed by atoms with van der Waals surface area (Å²) in [6.45, 7) is 0. The van der Waals surface area contributed by atoms with Gasteiger partial charge in [0.25, 0.3) is 0 Å². The summed E-state index contributed by atoms with van der Waals surface area (Å²) in [7, 11) is 0. The molecule has 1 aliphatic carbocycles. The van der Waals surface area contributed by atoms with E-state index in [0.717, 1.165) is 0 Å². The fraction of sp³-hybridized carbons (Fsp3) is 0.312. The molecule has 0 radical (unpaired) electrons. The van der Waals surface area contributed by atoms with Crippen molar-refractivity contribution in [3.63, 3.8) is 0 Å². The molecule has 0 bridgehead atoms. The molecule has 1 aromatic rings. The lowest BCUT2D eigenvalue weighted by atomic mass is 9.56. The van der Waals surface area contributed by atoms with E-state index in [1.807, 2.05) is 24.3 Å². The monoisotopic (exact) mass is 271 g/mol. The van der Waals surface area contributed by atoms with Gasteiger partial charge in [-0.05, 0) is 18.4 Å². The molecule has 1 aromatic carbocycles. The molecule has 21 heavy (non-hydrogen) atoms. The van der Waals surface area contributed by atoms with Gasteiger partial charge in [0.1, 0.15) is 5.41 Å². The largest absolute Gasteiger partial charge is 0.197 e. The van der Waals surface area contributed by atoms with Gasteiger partial charge < -0.3 is 0 Å². The maximum atomic E-state index is 9.72. The molecule has 1 saturated carbocycles. The van der Waals surface area contributed by atoms with Crippen molar-refractivity contribution in [2.75, 3.05) is 0 Å². The van der Waals surface area contributed by atoms with Gasteiger partial charge in [-0.1, -0.05) is 30.3 Å². The summed E-state index contributed by atoms with van der Waals surface area (Å²) in [4.78, 5) is 0. The van der Waals surface area contributed by atoms with Crippen LogP contribution in [0.1, 0.15) is 18.4 Å². The molecule has 1 aliphatic rings. The molecule has 0 heterocycles. The Morgan fingerprint density at radius 3 is 1.71 bits per heavy atom. The summed E-state index contributed by atoms with van der Waals surface area (Å²) in [5.74, 6) is 0. The zero-order valence-electron chi connectivity index (χ0n) is 11.0. The summed E-state index contributed by atoms with van der Waals surface area (Å²) >= 11 is 0. The van der Waals surface area contributed by atoms with Crippen molar-refractivity contribution in [3.8, 4) is 30.3 Å². The molecule has 0 N–H and O–H groups in total. The number of hydrogen-bond donors (Lipinski definition) is 0. The molecule has 0 aliphatic heterocycles. The highest BCUT2D eigenvalue weighted by molar-refractivity contribution is 5.53. The highest BCUT2D eigenvalue weighted by atomic mass is 14.7. The molecule has 0 aromatic heterocycles. The first-order valence-electron chi connectivity index (χ1n) is 6.24. The minimum atomic E-state index is -2.01. The maximum Gasteiger partial charge on any atom is 0.197 e. The number of benzene rings is 1. The van der Waals surface area contributed by atoms with Gasteiger partial charge in [-0.25, -0.2) is 0 Å². The Kier molecular flexibility index (Phi) is 3.12. The van der Waals surface area contributed by atoms with E-state index in [1.54, 1.807) is 30.3 Å². The van der Waals surface area contributed by atoms with Crippen LogP contribution in [0.25, 0.3) is 0 Å². The second-order valence-electron chi connectivity index (χ2n) is 4.99. The molecule has 2 rings (SSSR count). The van der Waals surface area contributed by atoms with Crippen LogP contribution in [0.4, 0.5) is 0 Å². The van der Waals surface area contributed by atoms with Crippen molar-refractivity contribution in [1.82, 2.24) is 0 Å². The van der Waals surface area contributed by atoms with E-state index in [1.165, 1.54) is 0 Å². The lowest BCUT2D eigenvalue weighted by molar-refractivity contribution is 0.284. The summed E-state index contributed by atoms with van der Waals surface area (Å²) < 4.78 is 0. The van der Waals surface area contributed by atoms with Crippen LogP contribution in [0.5, 0.6) is 0 Å². The third-order valence-corrected chi connectivity index (χ3v) is 4.33. The van der Waals surface area contributed by atoms with Crippen molar-refractivity contribution in [2.24, 2.45) is 10.8 Å². The quantitative estimate of drug-likeness (QED) is 0.776. The number of rotatable bonds is 1. The second-order valence-corrected chi connectivity index (χ2v) is 4.99. The average molecular weight is 271 g/mol. The van der Waals surface area contributed by atoms with E-state index in [0.29, 0.717) is 5.56 Å². The van der Waals surface area contributed by atoms with Crippen LogP contribution in [-0.2, 0) is 5.41 Å². The molecule has 5 heteroatoms. The van der Waals surface area contributed by atoms with E-state index in [-0.39, 0.29) is 12.8 Å². The van der Waals surface area contributed by atoms with Crippen LogP contribution in [0.3, 0.4) is 0 Å². The molecule has 1 fully saturated rings. The smallest absolute Gasteiger partial charge is 0.197 e. The Hall–Kier alpha value is -3.33. The molecule has 1 unspecified atom stereocenters. The van der Waals surface area contributed by atoms with Gasteiger partial charge in [0.2, 0.25) is 0 Å². The molecule has 0 saturated heterocycles. The zero-order valence-corrected chi connectivity index (χ0v) is 11.0. The van der Waals surface area contributed by atoms with Gasteiger partial charge in [-0.15, -0.1) is 0 Å². The van der Waals surface area contributed by atoms with Crippen molar-refractivity contribution >= 4 is 0 Å². The Bertz CT molecular complexity index is 748. The zero-order chi connectivity index (χ0) is 15.6. The van der Waals surface area contributed by atoms with Crippen molar-refractivity contribution in [1.29, 1.82) is 26.3 Å². The van der Waals surface area contributed by atoms with E-state index in [4.69, 9.17) is 0 Å². The predicted molar refractivity (Wildman–Crippen MR) is 70.3 cm³/mol. The molecule has 5 nitrogen and oxygen atoms in total. The first kappa shape index (κ1) is 14.1. The lowest BCUT2D eigenvalue weighted by Crippen LogP contribution is -2.46. The molecular weight excluding hydrogens is 262 g/mol. The summed E-state index contributed by atoms with van der Waals surface area (Å²) in [5.41, 5.74) is -4.81. The van der Waals surface area contributed by atoms with Crippen LogP contribution in [0.15, 0.2) is 30.3 Å². The minimum Gasteiger partial charge on any atom is -0.197 e. The van der Waals surface area contributed by atoms with Crippen molar-refractivity contribution in [2.45, 2.75) is 18.3 Å². The number of hydrogen-bond acceptors (Lipinski definition) is 5. The molecular formula is C16H9N5. The third-order valence-electron chi connectivity index (χ3n) is 4.33. The fourth-order valence-corrected chi connectivity index (χ4v) is 3.11. The Morgan fingerprint density at radius 1 is 0.714 bits per heavy atom. The first-order chi connectivity index (χ1) is 10.1. The Balaban J connectivity index is 2.87. The normalized spacial score (nSPS) is 24.5. The summed E-state index contributed by atoms with van der Waals surface area (Å²) in [6.07, 6.45) is 0.138. The van der Waals surface area contributed by atoms with Crippen LogP contribution in [0.2, 0.25) is 0 Å². The summed E-state index contributed by atoms with van der Waals surface area (Å²) in [6, 6.07) is 17.8. The van der Waals surface area contributed by atoms with Gasteiger partial charge >= 0.3 is 0 Å². The van der Waals surface area contributed by atoms with Gasteiger partial charge in [0, 0.05) is 0 Å². The number of nitriles is 5. The third kappa shape index (κ3) is 1.40. The maximum absolute atomic E-state index is 9.72. The molecule has 0 spiro atoms. The second kappa shape index (κ2) is 4.65. The van der Waals surface area contributed by atoms with Crippen LogP contribution >= 0.6 is 0 Å². The average Bonchev–Trinajstić information content (AvgIpc) is 2.86. The van der Waals surface area contributed by atoms with Gasteiger partial charge in [0.05, 0.1) is 30.3 Å². The van der Waals surface area contributed by atoms with E-state index < -0.39 is 16.2 Å². The van der Waals surface area contributed by atoms with Crippen LogP contribution in [-0.4, -0.2) is 0 Å². The van der Waals surface area contributed by atoms with Crippen LogP contribution in [0, 0.1) is 67.5 Å². The standard InChI is InChI=1S/C16H9N5/c17-8-14(9-18)6-7-15(10-19,16(14,11-20)12-21)13-4-2-1-3-5-13/h1-5H,6-7H2. The molecule has 0 amide bonds. The summed E-state index contributed by atoms with van der Waals surface area (Å²) in [5, 5.41) is 47.8. The van der Waals surface area contributed by atoms with Crippen LogP contribution < -0.4 is 0 Å². The van der Waals surface area contributed by atoms with Crippen molar-refractivity contribution in [3.05, 3.63) is 35.9 Å². The SMILES string of the molecule is N#CC1(C#N)CCC(C#N)(c2ccccc2)C1(C#N)C#N. The van der Waals surface area contributed by atoms with Crippen molar-refractivity contribution < 1.29 is 0 Å². The molecule has 1 atom stereocenters. The first-order valence-corrected chi connectivity index (χ1v) is 6.24. The number of nitrogens with zero attached hydrogens (tertiary/aromatic N) is 5. The van der Waals surface area contributed by atoms with Gasteiger partial charge in [-0.2, -0.15) is 26.3 Å². The predicted octanol–water partition coefficient (Wildman–Crippen LogP) is 2.31. The fourth-order valence-electron chi connectivity index (χ4n) is 3.11. The Labute approximate surface area is 122 Å². The highest BCUT2D eigenvalue weighted by Gasteiger charge is 2.72. The minimum absolute atomic E-state index is 0.0174. The van der Waals surface area contributed by atoms with Gasteiger partial charge in [-0.3, -0.25) is 0 Å².